The van der Waals surface area contributed by atoms with Gasteiger partial charge in [0.2, 0.25) is 5.91 Å². The van der Waals surface area contributed by atoms with E-state index in [0.29, 0.717) is 12.0 Å². The summed E-state index contributed by atoms with van der Waals surface area (Å²) >= 11 is 12.0. The lowest BCUT2D eigenvalue weighted by Crippen LogP contribution is -2.56. The number of hydrogen-bond acceptors (Lipinski definition) is 4. The van der Waals surface area contributed by atoms with Gasteiger partial charge in [-0.2, -0.15) is 0 Å². The number of carbonyl (C=O) groups excluding carboxylic acids is 3. The molecule has 2 unspecified atom stereocenters. The Morgan fingerprint density at radius 2 is 2.12 bits per heavy atom. The lowest BCUT2D eigenvalue weighted by atomic mass is 9.92. The summed E-state index contributed by atoms with van der Waals surface area (Å²) in [4.78, 5) is 36.2. The number of nitrogens with two attached hydrogens (primary N) is 1. The summed E-state index contributed by atoms with van der Waals surface area (Å²) in [5.74, 6) is -1.04. The number of primary amides is 1. The van der Waals surface area contributed by atoms with Gasteiger partial charge in [-0.25, -0.2) is 0 Å². The fourth-order valence-corrected chi connectivity index (χ4v) is 4.10. The number of benzene rings is 1. The molecule has 1 aromatic carbocycles. The number of fused-ring (bicyclic) bond motifs is 1. The average molecular weight is 385 g/mol. The van der Waals surface area contributed by atoms with Gasteiger partial charge in [-0.1, -0.05) is 29.3 Å². The molecule has 6 nitrogen and oxygen atoms in total. The number of ketones is 1. The second kappa shape index (κ2) is 6.94. The maximum Gasteiger partial charge on any atom is 0.250 e. The number of rotatable bonds is 5. The van der Waals surface area contributed by atoms with E-state index < -0.39 is 11.4 Å². The molecule has 2 aliphatic rings. The summed E-state index contributed by atoms with van der Waals surface area (Å²) in [6, 6.07) is 3.19. The zero-order valence-corrected chi connectivity index (χ0v) is 15.0. The number of amides is 2. The van der Waals surface area contributed by atoms with Crippen LogP contribution in [0.5, 0.6) is 0 Å². The smallest absolute Gasteiger partial charge is 0.250 e. The van der Waals surface area contributed by atoms with Crippen LogP contribution < -0.4 is 11.1 Å². The molecule has 0 aromatic heterocycles. The quantitative estimate of drug-likeness (QED) is 0.810. The Balaban J connectivity index is 1.70. The number of ether oxygens (including phenoxy) is 1. The van der Waals surface area contributed by atoms with Crippen LogP contribution in [0.2, 0.25) is 10.0 Å². The van der Waals surface area contributed by atoms with Crippen LogP contribution in [0.4, 0.5) is 0 Å². The zero-order chi connectivity index (χ0) is 18.2. The number of hydrogen-bond donors (Lipinski definition) is 2. The van der Waals surface area contributed by atoms with E-state index in [1.54, 1.807) is 12.1 Å². The molecular weight excluding hydrogens is 367 g/mol. The van der Waals surface area contributed by atoms with Gasteiger partial charge in [0.05, 0.1) is 21.7 Å². The molecule has 0 bridgehead atoms. The van der Waals surface area contributed by atoms with Crippen LogP contribution in [0.25, 0.3) is 0 Å². The van der Waals surface area contributed by atoms with Crippen LogP contribution >= 0.6 is 23.2 Å². The molecule has 3 N–H and O–H groups in total. The predicted octanol–water partition coefficient (Wildman–Crippen LogP) is 2.03. The van der Waals surface area contributed by atoms with Gasteiger partial charge in [-0.05, 0) is 37.3 Å². The van der Waals surface area contributed by atoms with Gasteiger partial charge >= 0.3 is 0 Å². The van der Waals surface area contributed by atoms with Gasteiger partial charge < -0.3 is 15.8 Å². The van der Waals surface area contributed by atoms with Gasteiger partial charge in [-0.3, -0.25) is 14.4 Å². The van der Waals surface area contributed by atoms with E-state index >= 15 is 0 Å². The summed E-state index contributed by atoms with van der Waals surface area (Å²) in [7, 11) is 0. The lowest BCUT2D eigenvalue weighted by molar-refractivity contribution is -0.129. The largest absolute Gasteiger partial charge is 0.367 e. The van der Waals surface area contributed by atoms with E-state index in [0.717, 1.165) is 12.8 Å². The first-order valence-electron chi connectivity index (χ1n) is 8.08. The standard InChI is InChI=1S/C17H18Cl2N2O4/c18-10-5-3-9(14(15(10)19)16(20)24)4-6-13(23)21-17-7-1-2-12(17)25-8-11(17)22/h3,5,12H,1-2,4,6-8H2,(H2,20,24)(H,21,23). The maximum atomic E-state index is 12.4. The van der Waals surface area contributed by atoms with Crippen molar-refractivity contribution in [1.82, 2.24) is 5.32 Å². The number of carbonyl (C=O) groups is 3. The van der Waals surface area contributed by atoms with E-state index in [9.17, 15) is 14.4 Å². The molecule has 3 rings (SSSR count). The van der Waals surface area contributed by atoms with Crippen LogP contribution in [-0.4, -0.2) is 35.8 Å². The lowest BCUT2D eigenvalue weighted by Gasteiger charge is -2.27. The first-order chi connectivity index (χ1) is 11.8. The Hall–Kier alpha value is -1.63. The van der Waals surface area contributed by atoms with Crippen molar-refractivity contribution in [2.24, 2.45) is 5.73 Å². The van der Waals surface area contributed by atoms with Gasteiger partial charge in [0, 0.05) is 6.42 Å². The first-order valence-corrected chi connectivity index (χ1v) is 8.83. The molecule has 8 heteroatoms. The number of aryl methyl sites for hydroxylation is 1. The molecule has 0 radical (unpaired) electrons. The Morgan fingerprint density at radius 1 is 1.36 bits per heavy atom. The Morgan fingerprint density at radius 3 is 2.84 bits per heavy atom. The van der Waals surface area contributed by atoms with Crippen molar-refractivity contribution in [3.05, 3.63) is 33.3 Å². The Labute approximate surface area is 155 Å². The van der Waals surface area contributed by atoms with E-state index in [1.165, 1.54) is 0 Å². The third kappa shape index (κ3) is 3.26. The molecule has 2 amide bonds. The monoisotopic (exact) mass is 384 g/mol. The van der Waals surface area contributed by atoms with Crippen molar-refractivity contribution in [2.75, 3.05) is 6.61 Å². The number of halogens is 2. The number of Topliss-reactive ketones (excluding diaryl/α,β-unsaturated/α-hetero) is 1. The summed E-state index contributed by atoms with van der Waals surface area (Å²) in [6.45, 7) is 0.0452. The normalized spacial score (nSPS) is 25.0. The summed E-state index contributed by atoms with van der Waals surface area (Å²) in [5.41, 5.74) is 5.15. The van der Waals surface area contributed by atoms with Gasteiger partial charge in [0.15, 0.2) is 5.78 Å². The predicted molar refractivity (Wildman–Crippen MR) is 92.8 cm³/mol. The molecule has 1 saturated carbocycles. The molecule has 1 aliphatic carbocycles. The summed E-state index contributed by atoms with van der Waals surface area (Å²) in [6.07, 6.45) is 2.33. The second-order valence-corrected chi connectivity index (χ2v) is 7.18. The van der Waals surface area contributed by atoms with Crippen molar-refractivity contribution in [3.8, 4) is 0 Å². The molecule has 2 atom stereocenters. The van der Waals surface area contributed by atoms with Gasteiger partial charge in [-0.15, -0.1) is 0 Å². The molecule has 2 fully saturated rings. The zero-order valence-electron chi connectivity index (χ0n) is 13.4. The molecule has 0 spiro atoms. The molecule has 1 saturated heterocycles. The van der Waals surface area contributed by atoms with Crippen molar-refractivity contribution in [3.63, 3.8) is 0 Å². The van der Waals surface area contributed by atoms with E-state index in [-0.39, 0.29) is 52.9 Å². The minimum atomic E-state index is -0.888. The summed E-state index contributed by atoms with van der Waals surface area (Å²) in [5, 5.41) is 3.17. The molecule has 25 heavy (non-hydrogen) atoms. The van der Waals surface area contributed by atoms with Gasteiger partial charge in [0.25, 0.3) is 5.91 Å². The minimum Gasteiger partial charge on any atom is -0.367 e. The minimum absolute atomic E-state index is 0.0452. The SMILES string of the molecule is NC(=O)c1c(CCC(=O)NC23CCCC2OCC3=O)ccc(Cl)c1Cl. The highest BCUT2D eigenvalue weighted by molar-refractivity contribution is 6.44. The van der Waals surface area contributed by atoms with Crippen LogP contribution in [-0.2, 0) is 20.7 Å². The van der Waals surface area contributed by atoms with E-state index in [4.69, 9.17) is 33.7 Å². The van der Waals surface area contributed by atoms with Crippen molar-refractivity contribution >= 4 is 40.8 Å². The van der Waals surface area contributed by atoms with Crippen LogP contribution in [0.1, 0.15) is 41.6 Å². The van der Waals surface area contributed by atoms with E-state index in [2.05, 4.69) is 5.32 Å². The van der Waals surface area contributed by atoms with Crippen LogP contribution in [0.15, 0.2) is 12.1 Å². The van der Waals surface area contributed by atoms with Crippen molar-refractivity contribution < 1.29 is 19.1 Å². The third-order valence-electron chi connectivity index (χ3n) is 4.91. The highest BCUT2D eigenvalue weighted by Crippen LogP contribution is 2.38. The Bertz CT molecular complexity index is 752. The first kappa shape index (κ1) is 18.2. The highest BCUT2D eigenvalue weighted by atomic mass is 35.5. The fraction of sp³-hybridized carbons (Fsp3) is 0.471. The fourth-order valence-electron chi connectivity index (χ4n) is 3.66. The number of nitrogens with one attached hydrogen (secondary N) is 1. The maximum absolute atomic E-state index is 12.4. The van der Waals surface area contributed by atoms with Gasteiger partial charge in [0.1, 0.15) is 12.1 Å². The molecule has 1 aliphatic heterocycles. The molecule has 134 valence electrons. The molecule has 1 aromatic rings. The average Bonchev–Trinajstić information content (AvgIpc) is 3.08. The second-order valence-electron chi connectivity index (χ2n) is 6.39. The third-order valence-corrected chi connectivity index (χ3v) is 5.72. The van der Waals surface area contributed by atoms with Crippen LogP contribution in [0.3, 0.4) is 0 Å². The summed E-state index contributed by atoms with van der Waals surface area (Å²) < 4.78 is 5.48. The van der Waals surface area contributed by atoms with E-state index in [1.807, 2.05) is 0 Å². The van der Waals surface area contributed by atoms with Crippen LogP contribution in [0, 0.1) is 0 Å². The topological polar surface area (TPSA) is 98.5 Å². The van der Waals surface area contributed by atoms with Crippen molar-refractivity contribution in [1.29, 1.82) is 0 Å². The highest BCUT2D eigenvalue weighted by Gasteiger charge is 2.54. The Kier molecular flexibility index (Phi) is 5.04. The van der Waals surface area contributed by atoms with Crippen molar-refractivity contribution in [2.45, 2.75) is 43.7 Å². The molecular formula is C17H18Cl2N2O4. The molecule has 1 heterocycles.